The van der Waals surface area contributed by atoms with Gasteiger partial charge in [0.2, 0.25) is 6.10 Å². The molecule has 4 aromatic carbocycles. The van der Waals surface area contributed by atoms with Gasteiger partial charge in [0.25, 0.3) is 10.0 Å². The molecule has 0 aliphatic carbocycles. The van der Waals surface area contributed by atoms with Crippen molar-refractivity contribution < 1.29 is 33.0 Å². The highest BCUT2D eigenvalue weighted by molar-refractivity contribution is 7.92. The highest BCUT2D eigenvalue weighted by atomic mass is 32.2. The minimum Gasteiger partial charge on any atom is -0.480 e. The molecule has 0 amide bonds. The summed E-state index contributed by atoms with van der Waals surface area (Å²) in [5.74, 6) is -2.31. The van der Waals surface area contributed by atoms with Gasteiger partial charge in [-0.3, -0.25) is 9.10 Å². The van der Waals surface area contributed by atoms with E-state index in [1.54, 1.807) is 72.8 Å². The summed E-state index contributed by atoms with van der Waals surface area (Å²) in [6.45, 7) is -0.802. The lowest BCUT2D eigenvalue weighted by atomic mass is 10.1. The van der Waals surface area contributed by atoms with Gasteiger partial charge in [0, 0.05) is 16.3 Å². The molecule has 9 heteroatoms. The number of rotatable bonds is 9. The molecule has 0 aromatic heterocycles. The van der Waals surface area contributed by atoms with E-state index in [1.807, 2.05) is 0 Å². The Morgan fingerprint density at radius 1 is 0.771 bits per heavy atom. The van der Waals surface area contributed by atoms with Crippen LogP contribution in [0.4, 0.5) is 5.69 Å². The molecule has 0 spiro atoms. The monoisotopic (exact) mass is 491 g/mol. The topological polar surface area (TPSA) is 121 Å². The predicted molar refractivity (Wildman–Crippen MR) is 130 cm³/mol. The molecule has 1 unspecified atom stereocenters. The summed E-state index contributed by atoms with van der Waals surface area (Å²) in [4.78, 5) is 23.5. The minimum absolute atomic E-state index is 0.0549. The van der Waals surface area contributed by atoms with Gasteiger partial charge < -0.3 is 14.9 Å². The third kappa shape index (κ3) is 4.95. The van der Waals surface area contributed by atoms with Crippen molar-refractivity contribution in [3.8, 4) is 5.75 Å². The van der Waals surface area contributed by atoms with E-state index in [4.69, 9.17) is 4.74 Å². The summed E-state index contributed by atoms with van der Waals surface area (Å²) >= 11 is 0. The molecule has 0 aliphatic rings. The number of aliphatic carboxylic acids is 2. The van der Waals surface area contributed by atoms with E-state index in [9.17, 15) is 28.2 Å². The standard InChI is InChI=1S/C26H21NO7S/c28-24(29)17-27(35(32,33)19-11-5-2-6-12-19)22-15-16-23(21-14-8-7-13-20(21)22)34-25(26(30)31)18-9-3-1-4-10-18/h1-16,25H,17H2,(H,28,29)(H,30,31). The molecule has 0 aliphatic heterocycles. The Bertz CT molecular complexity index is 1470. The Morgan fingerprint density at radius 3 is 1.94 bits per heavy atom. The Labute approximate surface area is 201 Å². The number of hydrogen-bond donors (Lipinski definition) is 2. The number of hydrogen-bond acceptors (Lipinski definition) is 5. The molecular formula is C26H21NO7S. The maximum Gasteiger partial charge on any atom is 0.349 e. The fraction of sp³-hybridized carbons (Fsp3) is 0.0769. The van der Waals surface area contributed by atoms with Gasteiger partial charge >= 0.3 is 11.9 Å². The van der Waals surface area contributed by atoms with Crippen molar-refractivity contribution in [1.29, 1.82) is 0 Å². The number of carboxylic acid groups (broad SMARTS) is 2. The van der Waals surface area contributed by atoms with Gasteiger partial charge in [-0.25, -0.2) is 13.2 Å². The largest absolute Gasteiger partial charge is 0.480 e. The second-order valence-corrected chi connectivity index (χ2v) is 9.46. The molecule has 1 atom stereocenters. The average molecular weight is 492 g/mol. The number of carboxylic acids is 2. The SMILES string of the molecule is O=C(O)CN(c1ccc(OC(C(=O)O)c2ccccc2)c2ccccc12)S(=O)(=O)c1ccccc1. The molecule has 4 aromatic rings. The third-order valence-corrected chi connectivity index (χ3v) is 7.09. The number of fused-ring (bicyclic) bond motifs is 1. The van der Waals surface area contributed by atoms with Gasteiger partial charge in [0.15, 0.2) is 0 Å². The number of anilines is 1. The molecule has 0 fully saturated rings. The van der Waals surface area contributed by atoms with Crippen molar-refractivity contribution in [1.82, 2.24) is 0 Å². The van der Waals surface area contributed by atoms with E-state index in [0.717, 1.165) is 4.31 Å². The van der Waals surface area contributed by atoms with Crippen LogP contribution in [-0.2, 0) is 19.6 Å². The first-order chi connectivity index (χ1) is 16.8. The zero-order chi connectivity index (χ0) is 25.0. The number of sulfonamides is 1. The summed E-state index contributed by atoms with van der Waals surface area (Å²) in [6, 6.07) is 25.5. The van der Waals surface area contributed by atoms with Crippen LogP contribution < -0.4 is 9.04 Å². The summed E-state index contributed by atoms with van der Waals surface area (Å²) in [5.41, 5.74) is 0.568. The number of ether oxygens (including phenoxy) is 1. The lowest BCUT2D eigenvalue weighted by Crippen LogP contribution is -2.35. The number of nitrogens with zero attached hydrogens (tertiary/aromatic N) is 1. The summed E-state index contributed by atoms with van der Waals surface area (Å²) < 4.78 is 33.5. The molecule has 0 radical (unpaired) electrons. The normalized spacial score (nSPS) is 12.1. The van der Waals surface area contributed by atoms with Crippen molar-refractivity contribution in [2.45, 2.75) is 11.0 Å². The Hall–Kier alpha value is -4.37. The van der Waals surface area contributed by atoms with Crippen LogP contribution in [-0.4, -0.2) is 37.1 Å². The Kier molecular flexibility index (Phi) is 6.70. The van der Waals surface area contributed by atoms with E-state index in [-0.39, 0.29) is 16.3 Å². The van der Waals surface area contributed by atoms with Crippen LogP contribution in [0.5, 0.6) is 5.75 Å². The average Bonchev–Trinajstić information content (AvgIpc) is 2.86. The first kappa shape index (κ1) is 23.8. The zero-order valence-electron chi connectivity index (χ0n) is 18.3. The second kappa shape index (κ2) is 9.86. The molecule has 0 heterocycles. The Balaban J connectivity index is 1.84. The highest BCUT2D eigenvalue weighted by Crippen LogP contribution is 2.37. The molecule has 8 nitrogen and oxygen atoms in total. The zero-order valence-corrected chi connectivity index (χ0v) is 19.1. The van der Waals surface area contributed by atoms with Crippen molar-refractivity contribution >= 4 is 38.4 Å². The molecular weight excluding hydrogens is 470 g/mol. The molecule has 4 rings (SSSR count). The second-order valence-electron chi connectivity index (χ2n) is 7.59. The molecule has 0 saturated carbocycles. The molecule has 2 N–H and O–H groups in total. The van der Waals surface area contributed by atoms with Crippen molar-refractivity contribution in [2.75, 3.05) is 10.8 Å². The fourth-order valence-corrected chi connectivity index (χ4v) is 5.19. The van der Waals surface area contributed by atoms with E-state index < -0.39 is 34.6 Å². The van der Waals surface area contributed by atoms with E-state index in [2.05, 4.69) is 0 Å². The van der Waals surface area contributed by atoms with E-state index in [0.29, 0.717) is 16.3 Å². The smallest absolute Gasteiger partial charge is 0.349 e. The quantitative estimate of drug-likeness (QED) is 0.358. The van der Waals surface area contributed by atoms with Crippen LogP contribution >= 0.6 is 0 Å². The van der Waals surface area contributed by atoms with Gasteiger partial charge in [0.1, 0.15) is 12.3 Å². The van der Waals surface area contributed by atoms with Gasteiger partial charge in [-0.2, -0.15) is 0 Å². The van der Waals surface area contributed by atoms with Crippen molar-refractivity contribution in [3.63, 3.8) is 0 Å². The van der Waals surface area contributed by atoms with Crippen LogP contribution in [0.1, 0.15) is 11.7 Å². The van der Waals surface area contributed by atoms with E-state index >= 15 is 0 Å². The minimum atomic E-state index is -4.22. The maximum atomic E-state index is 13.4. The van der Waals surface area contributed by atoms with Crippen molar-refractivity contribution in [2.24, 2.45) is 0 Å². The molecule has 0 saturated heterocycles. The highest BCUT2D eigenvalue weighted by Gasteiger charge is 2.29. The first-order valence-corrected chi connectivity index (χ1v) is 12.0. The summed E-state index contributed by atoms with van der Waals surface area (Å²) in [7, 11) is -4.22. The van der Waals surface area contributed by atoms with Gasteiger partial charge in [0.05, 0.1) is 10.6 Å². The van der Waals surface area contributed by atoms with Crippen molar-refractivity contribution in [3.05, 3.63) is 103 Å². The van der Waals surface area contributed by atoms with Gasteiger partial charge in [-0.1, -0.05) is 72.8 Å². The number of carbonyl (C=O) groups is 2. The van der Waals surface area contributed by atoms with Crippen LogP contribution in [0.2, 0.25) is 0 Å². The summed E-state index contributed by atoms with van der Waals surface area (Å²) in [5, 5.41) is 20.1. The molecule has 0 bridgehead atoms. The summed E-state index contributed by atoms with van der Waals surface area (Å²) in [6.07, 6.45) is -1.30. The lowest BCUT2D eigenvalue weighted by molar-refractivity contribution is -0.145. The predicted octanol–water partition coefficient (Wildman–Crippen LogP) is 4.32. The fourth-order valence-electron chi connectivity index (χ4n) is 3.73. The van der Waals surface area contributed by atoms with Crippen LogP contribution in [0.3, 0.4) is 0 Å². The van der Waals surface area contributed by atoms with Crippen LogP contribution in [0.15, 0.2) is 102 Å². The van der Waals surface area contributed by atoms with Crippen LogP contribution in [0.25, 0.3) is 10.8 Å². The first-order valence-electron chi connectivity index (χ1n) is 10.5. The maximum absolute atomic E-state index is 13.4. The molecule has 178 valence electrons. The molecule has 35 heavy (non-hydrogen) atoms. The van der Waals surface area contributed by atoms with E-state index in [1.165, 1.54) is 24.3 Å². The number of benzene rings is 4. The lowest BCUT2D eigenvalue weighted by Gasteiger charge is -2.25. The van der Waals surface area contributed by atoms with Crippen LogP contribution in [0, 0.1) is 0 Å². The third-order valence-electron chi connectivity index (χ3n) is 5.31. The van der Waals surface area contributed by atoms with Gasteiger partial charge in [-0.15, -0.1) is 0 Å². The van der Waals surface area contributed by atoms with Gasteiger partial charge in [-0.05, 0) is 24.3 Å². The Morgan fingerprint density at radius 2 is 1.34 bits per heavy atom.